The lowest BCUT2D eigenvalue weighted by molar-refractivity contribution is 0.401. The van der Waals surface area contributed by atoms with Crippen molar-refractivity contribution in [2.45, 2.75) is 13.0 Å². The van der Waals surface area contributed by atoms with E-state index in [0.717, 1.165) is 29.8 Å². The van der Waals surface area contributed by atoms with Crippen molar-refractivity contribution in [1.29, 1.82) is 0 Å². The van der Waals surface area contributed by atoms with Crippen LogP contribution >= 0.6 is 0 Å². The number of rotatable bonds is 4. The van der Waals surface area contributed by atoms with Gasteiger partial charge in [-0.25, -0.2) is 4.39 Å². The van der Waals surface area contributed by atoms with E-state index < -0.39 is 0 Å². The number of methoxy groups -OCH3 is 1. The molecule has 0 bridgehead atoms. The zero-order chi connectivity index (χ0) is 13.9. The van der Waals surface area contributed by atoms with Crippen LogP contribution in [0.2, 0.25) is 0 Å². The molecule has 1 aliphatic heterocycles. The van der Waals surface area contributed by atoms with Crippen molar-refractivity contribution in [2.75, 3.05) is 13.7 Å². The lowest BCUT2D eigenvalue weighted by Gasteiger charge is -2.22. The van der Waals surface area contributed by atoms with E-state index in [-0.39, 0.29) is 5.82 Å². The maximum atomic E-state index is 13.5. The number of hydrogen-bond donors (Lipinski definition) is 1. The Morgan fingerprint density at radius 1 is 1.40 bits per heavy atom. The number of nitrogens with one attached hydrogen (secondary N) is 1. The van der Waals surface area contributed by atoms with E-state index in [2.05, 4.69) is 21.2 Å². The highest BCUT2D eigenvalue weighted by Crippen LogP contribution is 2.27. The van der Waals surface area contributed by atoms with Gasteiger partial charge in [-0.2, -0.15) is 5.10 Å². The summed E-state index contributed by atoms with van der Waals surface area (Å²) in [5.41, 5.74) is 3.10. The van der Waals surface area contributed by atoms with Crippen molar-refractivity contribution in [3.05, 3.63) is 53.6 Å². The number of ether oxygens (including phenoxy) is 1. The Bertz CT molecular complexity index is 622. The Balaban J connectivity index is 1.81. The van der Waals surface area contributed by atoms with Gasteiger partial charge in [0.25, 0.3) is 0 Å². The number of aromatic nitrogens is 2. The predicted molar refractivity (Wildman–Crippen MR) is 74.5 cm³/mol. The first kappa shape index (κ1) is 12.7. The van der Waals surface area contributed by atoms with Gasteiger partial charge in [0.1, 0.15) is 11.6 Å². The third-order valence-electron chi connectivity index (χ3n) is 3.41. The molecule has 2 aromatic rings. The molecule has 0 aliphatic carbocycles. The molecule has 0 fully saturated rings. The standard InChI is InChI=1S/C15H16FN3O/c1-20-14-6-11(5-13(16)7-14)10-19-4-2-3-15(19)12-8-17-18-9-12/h3,5-9H,2,4,10H2,1H3,(H,17,18). The van der Waals surface area contributed by atoms with E-state index in [0.29, 0.717) is 12.3 Å². The number of aromatic amines is 1. The largest absolute Gasteiger partial charge is 0.497 e. The molecule has 0 saturated heterocycles. The average molecular weight is 273 g/mol. The molecule has 0 saturated carbocycles. The smallest absolute Gasteiger partial charge is 0.127 e. The Morgan fingerprint density at radius 3 is 3.05 bits per heavy atom. The lowest BCUT2D eigenvalue weighted by Crippen LogP contribution is -2.18. The van der Waals surface area contributed by atoms with Gasteiger partial charge >= 0.3 is 0 Å². The van der Waals surface area contributed by atoms with Crippen LogP contribution in [0.5, 0.6) is 5.75 Å². The molecule has 1 aromatic carbocycles. The summed E-state index contributed by atoms with van der Waals surface area (Å²) in [5.74, 6) is 0.278. The molecule has 104 valence electrons. The molecule has 0 atom stereocenters. The summed E-state index contributed by atoms with van der Waals surface area (Å²) >= 11 is 0. The summed E-state index contributed by atoms with van der Waals surface area (Å²) in [5, 5.41) is 6.80. The Morgan fingerprint density at radius 2 is 2.30 bits per heavy atom. The molecule has 20 heavy (non-hydrogen) atoms. The highest BCUT2D eigenvalue weighted by molar-refractivity contribution is 5.64. The van der Waals surface area contributed by atoms with Crippen LogP contribution in [0.1, 0.15) is 17.5 Å². The predicted octanol–water partition coefficient (Wildman–Crippen LogP) is 2.80. The average Bonchev–Trinajstić information content (AvgIpc) is 3.08. The highest BCUT2D eigenvalue weighted by Gasteiger charge is 2.18. The first-order chi connectivity index (χ1) is 9.76. The maximum Gasteiger partial charge on any atom is 0.127 e. The normalized spacial score (nSPS) is 14.5. The molecule has 3 rings (SSSR count). The van der Waals surface area contributed by atoms with E-state index >= 15 is 0 Å². The van der Waals surface area contributed by atoms with E-state index in [9.17, 15) is 4.39 Å². The number of nitrogens with zero attached hydrogens (tertiary/aromatic N) is 2. The first-order valence-electron chi connectivity index (χ1n) is 6.54. The van der Waals surface area contributed by atoms with Crippen molar-refractivity contribution >= 4 is 5.70 Å². The van der Waals surface area contributed by atoms with Crippen molar-refractivity contribution in [2.24, 2.45) is 0 Å². The highest BCUT2D eigenvalue weighted by atomic mass is 19.1. The third kappa shape index (κ3) is 2.52. The first-order valence-corrected chi connectivity index (χ1v) is 6.54. The quantitative estimate of drug-likeness (QED) is 0.931. The summed E-state index contributed by atoms with van der Waals surface area (Å²) in [4.78, 5) is 2.22. The van der Waals surface area contributed by atoms with Gasteiger partial charge in [0.2, 0.25) is 0 Å². The minimum Gasteiger partial charge on any atom is -0.497 e. The Kier molecular flexibility index (Phi) is 3.41. The zero-order valence-electron chi connectivity index (χ0n) is 11.3. The van der Waals surface area contributed by atoms with Crippen LogP contribution in [0, 0.1) is 5.82 Å². The van der Waals surface area contributed by atoms with Crippen LogP contribution in [0.15, 0.2) is 36.7 Å². The Hall–Kier alpha value is -2.30. The summed E-state index contributed by atoms with van der Waals surface area (Å²) in [7, 11) is 1.55. The van der Waals surface area contributed by atoms with Gasteiger partial charge in [-0.15, -0.1) is 0 Å². The van der Waals surface area contributed by atoms with Gasteiger partial charge in [0.05, 0.1) is 13.3 Å². The summed E-state index contributed by atoms with van der Waals surface area (Å²) in [6.45, 7) is 1.59. The summed E-state index contributed by atoms with van der Waals surface area (Å²) in [6, 6.07) is 4.81. The minimum absolute atomic E-state index is 0.271. The summed E-state index contributed by atoms with van der Waals surface area (Å²) in [6.07, 6.45) is 6.85. The number of hydrogen-bond acceptors (Lipinski definition) is 3. The molecular formula is C15H16FN3O. The molecule has 1 N–H and O–H groups in total. The molecule has 5 heteroatoms. The van der Waals surface area contributed by atoms with E-state index in [4.69, 9.17) is 4.74 Å². The van der Waals surface area contributed by atoms with E-state index in [1.807, 2.05) is 12.3 Å². The van der Waals surface area contributed by atoms with E-state index in [1.165, 1.54) is 6.07 Å². The van der Waals surface area contributed by atoms with Gasteiger partial charge in [0.15, 0.2) is 0 Å². The fourth-order valence-corrected chi connectivity index (χ4v) is 2.51. The monoisotopic (exact) mass is 273 g/mol. The van der Waals surface area contributed by atoms with E-state index in [1.54, 1.807) is 19.4 Å². The lowest BCUT2D eigenvalue weighted by atomic mass is 10.1. The summed E-state index contributed by atoms with van der Waals surface area (Å²) < 4.78 is 18.6. The molecule has 2 heterocycles. The second-order valence-corrected chi connectivity index (χ2v) is 4.79. The zero-order valence-corrected chi connectivity index (χ0v) is 11.3. The van der Waals surface area contributed by atoms with Crippen LogP contribution in [0.25, 0.3) is 5.70 Å². The van der Waals surface area contributed by atoms with Crippen LogP contribution < -0.4 is 4.74 Å². The van der Waals surface area contributed by atoms with Gasteiger partial charge in [-0.05, 0) is 24.1 Å². The number of H-pyrrole nitrogens is 1. The van der Waals surface area contributed by atoms with Gasteiger partial charge in [-0.3, -0.25) is 5.10 Å². The number of halogens is 1. The molecule has 1 aromatic heterocycles. The Labute approximate surface area is 116 Å². The van der Waals surface area contributed by atoms with Crippen LogP contribution in [-0.2, 0) is 6.54 Å². The maximum absolute atomic E-state index is 13.5. The van der Waals surface area contributed by atoms with Gasteiger partial charge in [-0.1, -0.05) is 6.08 Å². The molecule has 1 aliphatic rings. The van der Waals surface area contributed by atoms with Gasteiger partial charge in [0, 0.05) is 36.6 Å². The van der Waals surface area contributed by atoms with Gasteiger partial charge < -0.3 is 9.64 Å². The van der Waals surface area contributed by atoms with Crippen molar-refractivity contribution in [1.82, 2.24) is 15.1 Å². The third-order valence-corrected chi connectivity index (χ3v) is 3.41. The molecule has 0 unspecified atom stereocenters. The van der Waals surface area contributed by atoms with Crippen molar-refractivity contribution in [3.8, 4) is 5.75 Å². The fraction of sp³-hybridized carbons (Fsp3) is 0.267. The van der Waals surface area contributed by atoms with Crippen LogP contribution in [0.4, 0.5) is 4.39 Å². The SMILES string of the molecule is COc1cc(F)cc(CN2CCC=C2c2cn[nH]c2)c1. The number of benzene rings is 1. The minimum atomic E-state index is -0.271. The van der Waals surface area contributed by atoms with Crippen molar-refractivity contribution < 1.29 is 9.13 Å². The second-order valence-electron chi connectivity index (χ2n) is 4.79. The topological polar surface area (TPSA) is 41.1 Å². The fourth-order valence-electron chi connectivity index (χ4n) is 2.51. The second kappa shape index (κ2) is 5.36. The molecule has 4 nitrogen and oxygen atoms in total. The van der Waals surface area contributed by atoms with Crippen LogP contribution in [-0.4, -0.2) is 28.8 Å². The molecule has 0 spiro atoms. The molecule has 0 amide bonds. The van der Waals surface area contributed by atoms with Crippen LogP contribution in [0.3, 0.4) is 0 Å². The molecule has 0 radical (unpaired) electrons. The molecular weight excluding hydrogens is 257 g/mol. The van der Waals surface area contributed by atoms with Crippen molar-refractivity contribution in [3.63, 3.8) is 0 Å².